The van der Waals surface area contributed by atoms with E-state index >= 15 is 0 Å². The fraction of sp³-hybridized carbons (Fsp3) is 1.00. The summed E-state index contributed by atoms with van der Waals surface area (Å²) >= 11 is 0. The topological polar surface area (TPSA) is 54.0 Å². The third-order valence-corrected chi connectivity index (χ3v) is 7.17. The quantitative estimate of drug-likeness (QED) is 0.375. The highest BCUT2D eigenvalue weighted by molar-refractivity contribution is 7.33. The van der Waals surface area contributed by atoms with Gasteiger partial charge in [-0.2, -0.15) is 0 Å². The highest BCUT2D eigenvalue weighted by Crippen LogP contribution is 2.40. The van der Waals surface area contributed by atoms with Gasteiger partial charge in [0.05, 0.1) is 18.3 Å². The van der Waals surface area contributed by atoms with Gasteiger partial charge in [-0.25, -0.2) is 0 Å². The van der Waals surface area contributed by atoms with E-state index in [1.54, 1.807) is 0 Å². The predicted octanol–water partition coefficient (Wildman–Crippen LogP) is 4.95. The van der Waals surface area contributed by atoms with Crippen molar-refractivity contribution in [1.82, 2.24) is 0 Å². The van der Waals surface area contributed by atoms with Crippen molar-refractivity contribution in [3.05, 3.63) is 0 Å². The van der Waals surface area contributed by atoms with Crippen molar-refractivity contribution in [2.45, 2.75) is 85.6 Å². The van der Waals surface area contributed by atoms with E-state index in [1.807, 2.05) is 0 Å². The van der Waals surface area contributed by atoms with Crippen LogP contribution in [0.1, 0.15) is 61.3 Å². The number of ether oxygens (including phenoxy) is 2. The van der Waals surface area contributed by atoms with E-state index in [1.165, 1.54) is 0 Å². The first-order valence-corrected chi connectivity index (χ1v) is 12.0. The average molecular weight is 413 g/mol. The molecule has 2 fully saturated rings. The zero-order valence-corrected chi connectivity index (χ0v) is 19.6. The largest absolute Gasteiger partial charge is 0.697 e. The smallest absolute Gasteiger partial charge is 0.384 e. The van der Waals surface area contributed by atoms with Crippen LogP contribution in [0.4, 0.5) is 0 Å². The lowest BCUT2D eigenvalue weighted by atomic mass is 9.80. The second-order valence-corrected chi connectivity index (χ2v) is 10.6. The molecule has 0 aromatic heterocycles. The fourth-order valence-electron chi connectivity index (χ4n) is 4.54. The lowest BCUT2D eigenvalue weighted by molar-refractivity contribution is 0.00545. The van der Waals surface area contributed by atoms with E-state index in [9.17, 15) is 4.57 Å². The van der Waals surface area contributed by atoms with Gasteiger partial charge in [0.2, 0.25) is 0 Å². The summed E-state index contributed by atoms with van der Waals surface area (Å²) in [6, 6.07) is -0.289. The number of hydrogen-bond donors (Lipinski definition) is 0. The van der Waals surface area contributed by atoms with Gasteiger partial charge < -0.3 is 9.47 Å². The summed E-state index contributed by atoms with van der Waals surface area (Å²) < 4.78 is 35.4. The molecular weight excluding hydrogens is 374 g/mol. The third-order valence-electron chi connectivity index (χ3n) is 6.45. The molecule has 0 spiro atoms. The van der Waals surface area contributed by atoms with Crippen LogP contribution in [-0.2, 0) is 23.1 Å². The Hall–Kier alpha value is 0.00494. The second-order valence-electron chi connectivity index (χ2n) is 9.64. The van der Waals surface area contributed by atoms with Crippen LogP contribution in [0.5, 0.6) is 0 Å². The van der Waals surface area contributed by atoms with Crippen molar-refractivity contribution in [2.24, 2.45) is 35.5 Å². The zero-order valence-electron chi connectivity index (χ0n) is 18.7. The first-order chi connectivity index (χ1) is 13.1. The molecule has 0 amide bonds. The van der Waals surface area contributed by atoms with Crippen LogP contribution < -0.4 is 0 Å². The average Bonchev–Trinajstić information content (AvgIpc) is 3.01. The van der Waals surface area contributed by atoms with Gasteiger partial charge in [0.15, 0.2) is 0 Å². The minimum absolute atomic E-state index is 0.0224. The predicted molar refractivity (Wildman–Crippen MR) is 112 cm³/mol. The van der Waals surface area contributed by atoms with Crippen molar-refractivity contribution in [3.8, 4) is 0 Å². The third kappa shape index (κ3) is 6.50. The first kappa shape index (κ1) is 24.3. The lowest BCUT2D eigenvalue weighted by Gasteiger charge is -2.21. The molecule has 0 N–H and O–H groups in total. The Kier molecular flexibility index (Phi) is 9.42. The van der Waals surface area contributed by atoms with Gasteiger partial charge in [-0.3, -0.25) is 0 Å². The summed E-state index contributed by atoms with van der Waals surface area (Å²) in [5, 5.41) is 0. The molecule has 2 heterocycles. The van der Waals surface area contributed by atoms with E-state index in [2.05, 4.69) is 48.5 Å². The molecule has 3 unspecified atom stereocenters. The van der Waals surface area contributed by atoms with Crippen LogP contribution in [0.15, 0.2) is 0 Å². The monoisotopic (exact) mass is 413 g/mol. The molecule has 2 aliphatic rings. The lowest BCUT2D eigenvalue weighted by Crippen LogP contribution is -2.26. The van der Waals surface area contributed by atoms with Gasteiger partial charge >= 0.3 is 8.25 Å². The van der Waals surface area contributed by atoms with E-state index in [0.29, 0.717) is 36.9 Å². The Morgan fingerprint density at radius 1 is 0.857 bits per heavy atom. The maximum Gasteiger partial charge on any atom is 0.697 e. The van der Waals surface area contributed by atoms with Gasteiger partial charge in [-0.05, 0) is 49.4 Å². The van der Waals surface area contributed by atoms with Gasteiger partial charge in [0, 0.05) is 16.5 Å². The molecule has 160 valence electrons. The zero-order chi connectivity index (χ0) is 21.0. The van der Waals surface area contributed by atoms with Crippen molar-refractivity contribution >= 4 is 16.1 Å². The summed E-state index contributed by atoms with van der Waals surface area (Å²) in [6.45, 7) is 15.8. The van der Waals surface area contributed by atoms with Crippen molar-refractivity contribution in [2.75, 3.05) is 13.2 Å². The fourth-order valence-corrected chi connectivity index (χ4v) is 5.18. The highest BCUT2D eigenvalue weighted by atomic mass is 31.1. The summed E-state index contributed by atoms with van der Waals surface area (Å²) in [7, 11) is 3.89. The molecule has 7 heteroatoms. The summed E-state index contributed by atoms with van der Waals surface area (Å²) in [4.78, 5) is 0. The Morgan fingerprint density at radius 2 is 1.46 bits per heavy atom. The van der Waals surface area contributed by atoms with Crippen LogP contribution in [-0.4, -0.2) is 45.4 Å². The molecule has 0 bridgehead atoms. The highest BCUT2D eigenvalue weighted by Gasteiger charge is 2.43. The second kappa shape index (κ2) is 10.9. The molecule has 2 radical (unpaired) electrons. The maximum atomic E-state index is 12.3. The first-order valence-electron chi connectivity index (χ1n) is 10.9. The van der Waals surface area contributed by atoms with Gasteiger partial charge in [-0.1, -0.05) is 41.5 Å². The molecule has 0 aromatic carbocycles. The molecule has 2 rings (SSSR count). The Bertz CT molecular complexity index is 501. The van der Waals surface area contributed by atoms with Crippen LogP contribution in [0.3, 0.4) is 0 Å². The van der Waals surface area contributed by atoms with Crippen molar-refractivity contribution in [3.63, 3.8) is 0 Å². The summed E-state index contributed by atoms with van der Waals surface area (Å²) in [5.41, 5.74) is 0. The Balaban J connectivity index is 1.81. The molecule has 2 aliphatic heterocycles. The van der Waals surface area contributed by atoms with Gasteiger partial charge in [0.1, 0.15) is 21.1 Å². The molecule has 0 aromatic rings. The molecule has 28 heavy (non-hydrogen) atoms. The normalized spacial score (nSPS) is 39.2. The number of hydrogen-bond acceptors (Lipinski definition) is 5. The Labute approximate surface area is 174 Å². The molecular formula is C21H39BO5P+. The van der Waals surface area contributed by atoms with E-state index < -0.39 is 8.25 Å². The minimum Gasteiger partial charge on any atom is -0.384 e. The van der Waals surface area contributed by atoms with E-state index in [0.717, 1.165) is 12.8 Å². The summed E-state index contributed by atoms with van der Waals surface area (Å²) in [5.74, 6) is 2.31. The van der Waals surface area contributed by atoms with Crippen LogP contribution >= 0.6 is 8.25 Å². The SMILES string of the molecule is [B][C@@H]1O[C@H](CC(C)C)C(CO[P+](=O)OC[C@H]2O[C@@H](C)[C@@H](C)C2CC(C)C)[C@@H]1C. The van der Waals surface area contributed by atoms with Crippen molar-refractivity contribution in [1.29, 1.82) is 0 Å². The minimum atomic E-state index is -2.18. The molecule has 5 nitrogen and oxygen atoms in total. The van der Waals surface area contributed by atoms with E-state index in [-0.39, 0.29) is 36.2 Å². The standard InChI is InChI=1S/C21H39BO5P/c1-12(2)8-17-14(5)16(7)26-20(17)11-25-28(23)24-10-18-15(6)21(22)27-19(18)9-13(3)4/h12-21H,8-11H2,1-7H3/q+1/t14-,15+,16+,17?,18?,19-,20-,21-/m1/s1. The van der Waals surface area contributed by atoms with Crippen LogP contribution in [0, 0.1) is 35.5 Å². The molecule has 9 atom stereocenters. The van der Waals surface area contributed by atoms with Crippen molar-refractivity contribution < 1.29 is 23.1 Å². The summed E-state index contributed by atoms with van der Waals surface area (Å²) in [6.07, 6.45) is 2.23. The molecule has 0 aliphatic carbocycles. The van der Waals surface area contributed by atoms with Gasteiger partial charge in [0.25, 0.3) is 0 Å². The Morgan fingerprint density at radius 3 is 2.07 bits per heavy atom. The molecule has 2 saturated heterocycles. The van der Waals surface area contributed by atoms with Gasteiger partial charge in [-0.15, -0.1) is 9.05 Å². The maximum absolute atomic E-state index is 12.3. The molecule has 0 saturated carbocycles. The number of rotatable bonds is 10. The van der Waals surface area contributed by atoms with E-state index in [4.69, 9.17) is 26.4 Å². The van der Waals surface area contributed by atoms with Crippen LogP contribution in [0.2, 0.25) is 0 Å². The van der Waals surface area contributed by atoms with Crippen LogP contribution in [0.25, 0.3) is 0 Å².